The number of rotatable bonds is 4. The summed E-state index contributed by atoms with van der Waals surface area (Å²) < 4.78 is 0. The van der Waals surface area contributed by atoms with E-state index in [1.165, 1.54) is 11.1 Å². The van der Waals surface area contributed by atoms with Crippen molar-refractivity contribution in [2.24, 2.45) is 5.41 Å². The van der Waals surface area contributed by atoms with Crippen LogP contribution in [-0.2, 0) is 6.54 Å². The molecule has 1 aromatic heterocycles. The Kier molecular flexibility index (Phi) is 4.31. The van der Waals surface area contributed by atoms with Gasteiger partial charge in [0.2, 0.25) is 0 Å². The molecule has 0 atom stereocenters. The minimum Gasteiger partial charge on any atom is -0.308 e. The lowest BCUT2D eigenvalue weighted by Gasteiger charge is -2.33. The van der Waals surface area contributed by atoms with E-state index in [-0.39, 0.29) is 5.54 Å². The van der Waals surface area contributed by atoms with Crippen molar-refractivity contribution < 1.29 is 0 Å². The van der Waals surface area contributed by atoms with Crippen LogP contribution < -0.4 is 5.32 Å². The van der Waals surface area contributed by atoms with Gasteiger partial charge in [-0.2, -0.15) is 0 Å². The first kappa shape index (κ1) is 14.2. The monoisotopic (exact) mass is 234 g/mol. The highest BCUT2D eigenvalue weighted by Crippen LogP contribution is 2.26. The highest BCUT2D eigenvalue weighted by Gasteiger charge is 2.24. The van der Waals surface area contributed by atoms with Crippen molar-refractivity contribution >= 4 is 0 Å². The molecule has 0 unspecified atom stereocenters. The minimum absolute atomic E-state index is 0.155. The number of aryl methyl sites for hydroxylation is 1. The third kappa shape index (κ3) is 5.83. The number of hydrogen-bond acceptors (Lipinski definition) is 2. The molecule has 0 saturated carbocycles. The van der Waals surface area contributed by atoms with Crippen LogP contribution in [0.4, 0.5) is 0 Å². The SMILES string of the molecule is Cc1cncc(CNC(C)(C)CC(C)(C)C)c1. The average molecular weight is 234 g/mol. The molecule has 0 fully saturated rings. The Hall–Kier alpha value is -0.890. The lowest BCUT2D eigenvalue weighted by Crippen LogP contribution is -2.41. The van der Waals surface area contributed by atoms with Crippen LogP contribution in [0.1, 0.15) is 52.2 Å². The number of aromatic nitrogens is 1. The molecule has 17 heavy (non-hydrogen) atoms. The first-order chi connectivity index (χ1) is 7.68. The molecule has 2 heteroatoms. The van der Waals surface area contributed by atoms with Gasteiger partial charge < -0.3 is 5.32 Å². The third-order valence-electron chi connectivity index (χ3n) is 2.67. The van der Waals surface area contributed by atoms with Crippen molar-refractivity contribution in [3.8, 4) is 0 Å². The highest BCUT2D eigenvalue weighted by atomic mass is 15.0. The lowest BCUT2D eigenvalue weighted by molar-refractivity contribution is 0.240. The predicted octanol–water partition coefficient (Wildman–Crippen LogP) is 3.69. The molecule has 1 N–H and O–H groups in total. The Balaban J connectivity index is 2.55. The molecule has 0 saturated heterocycles. The van der Waals surface area contributed by atoms with Crippen molar-refractivity contribution in [2.45, 2.75) is 60.0 Å². The van der Waals surface area contributed by atoms with E-state index in [4.69, 9.17) is 0 Å². The summed E-state index contributed by atoms with van der Waals surface area (Å²) in [5.74, 6) is 0. The van der Waals surface area contributed by atoms with E-state index < -0.39 is 0 Å². The second-order valence-electron chi connectivity index (χ2n) is 6.85. The molecule has 0 aliphatic heterocycles. The molecule has 0 radical (unpaired) electrons. The second-order valence-corrected chi connectivity index (χ2v) is 6.85. The quantitative estimate of drug-likeness (QED) is 0.859. The van der Waals surface area contributed by atoms with Gasteiger partial charge in [0.1, 0.15) is 0 Å². The zero-order chi connectivity index (χ0) is 13.1. The lowest BCUT2D eigenvalue weighted by atomic mass is 9.82. The number of nitrogens with zero attached hydrogens (tertiary/aromatic N) is 1. The van der Waals surface area contributed by atoms with Crippen LogP contribution in [0.25, 0.3) is 0 Å². The normalized spacial score (nSPS) is 12.8. The highest BCUT2D eigenvalue weighted by molar-refractivity contribution is 5.16. The molecular weight excluding hydrogens is 208 g/mol. The maximum absolute atomic E-state index is 4.22. The largest absolute Gasteiger partial charge is 0.308 e. The van der Waals surface area contributed by atoms with E-state index in [2.05, 4.69) is 57.9 Å². The summed E-state index contributed by atoms with van der Waals surface area (Å²) >= 11 is 0. The van der Waals surface area contributed by atoms with Gasteiger partial charge >= 0.3 is 0 Å². The van der Waals surface area contributed by atoms with Crippen molar-refractivity contribution in [3.05, 3.63) is 29.6 Å². The molecule has 0 amide bonds. The first-order valence-electron chi connectivity index (χ1n) is 6.34. The summed E-state index contributed by atoms with van der Waals surface area (Å²) in [6.07, 6.45) is 4.98. The van der Waals surface area contributed by atoms with Crippen LogP contribution >= 0.6 is 0 Å². The second kappa shape index (κ2) is 5.18. The molecule has 0 aromatic carbocycles. The maximum Gasteiger partial charge on any atom is 0.0313 e. The van der Waals surface area contributed by atoms with Crippen LogP contribution in [0.15, 0.2) is 18.5 Å². The molecule has 0 aliphatic carbocycles. The van der Waals surface area contributed by atoms with Gasteiger partial charge in [-0.1, -0.05) is 26.8 Å². The summed E-state index contributed by atoms with van der Waals surface area (Å²) in [6.45, 7) is 14.3. The van der Waals surface area contributed by atoms with E-state index in [0.717, 1.165) is 13.0 Å². The van der Waals surface area contributed by atoms with E-state index in [1.807, 2.05) is 12.4 Å². The summed E-state index contributed by atoms with van der Waals surface area (Å²) in [6, 6.07) is 2.19. The van der Waals surface area contributed by atoms with Crippen molar-refractivity contribution in [1.82, 2.24) is 10.3 Å². The van der Waals surface area contributed by atoms with Crippen LogP contribution in [0.2, 0.25) is 0 Å². The first-order valence-corrected chi connectivity index (χ1v) is 6.34. The Morgan fingerprint density at radius 1 is 1.12 bits per heavy atom. The van der Waals surface area contributed by atoms with Gasteiger partial charge in [-0.3, -0.25) is 4.98 Å². The van der Waals surface area contributed by atoms with Gasteiger partial charge in [-0.15, -0.1) is 0 Å². The Morgan fingerprint density at radius 2 is 1.76 bits per heavy atom. The van der Waals surface area contributed by atoms with Crippen LogP contribution in [0.3, 0.4) is 0 Å². The van der Waals surface area contributed by atoms with Gasteiger partial charge in [-0.25, -0.2) is 0 Å². The van der Waals surface area contributed by atoms with E-state index in [0.29, 0.717) is 5.41 Å². The predicted molar refractivity (Wildman–Crippen MR) is 74.0 cm³/mol. The molecule has 2 nitrogen and oxygen atoms in total. The van der Waals surface area contributed by atoms with Crippen molar-refractivity contribution in [1.29, 1.82) is 0 Å². The molecule has 1 aromatic rings. The van der Waals surface area contributed by atoms with Gasteiger partial charge in [-0.05, 0) is 43.7 Å². The Labute approximate surface area is 106 Å². The summed E-state index contributed by atoms with van der Waals surface area (Å²) in [4.78, 5) is 4.22. The van der Waals surface area contributed by atoms with Crippen LogP contribution in [0.5, 0.6) is 0 Å². The fourth-order valence-corrected chi connectivity index (χ4v) is 2.44. The molecule has 0 bridgehead atoms. The van der Waals surface area contributed by atoms with Crippen LogP contribution in [0, 0.1) is 12.3 Å². The average Bonchev–Trinajstić information content (AvgIpc) is 2.11. The third-order valence-corrected chi connectivity index (χ3v) is 2.67. The van der Waals surface area contributed by atoms with Crippen LogP contribution in [-0.4, -0.2) is 10.5 Å². The Morgan fingerprint density at radius 3 is 2.29 bits per heavy atom. The molecule has 0 spiro atoms. The zero-order valence-corrected chi connectivity index (χ0v) is 12.1. The molecule has 0 aliphatic rings. The molecule has 96 valence electrons. The van der Waals surface area contributed by atoms with Crippen molar-refractivity contribution in [3.63, 3.8) is 0 Å². The fraction of sp³-hybridized carbons (Fsp3) is 0.667. The van der Waals surface area contributed by atoms with Gasteiger partial charge in [0.25, 0.3) is 0 Å². The van der Waals surface area contributed by atoms with Gasteiger partial charge in [0.15, 0.2) is 0 Å². The van der Waals surface area contributed by atoms with E-state index in [1.54, 1.807) is 0 Å². The molecule has 1 heterocycles. The number of hydrogen-bond donors (Lipinski definition) is 1. The number of pyridine rings is 1. The summed E-state index contributed by atoms with van der Waals surface area (Å²) in [5.41, 5.74) is 2.98. The Bertz CT molecular complexity index is 361. The molecule has 1 rings (SSSR count). The topological polar surface area (TPSA) is 24.9 Å². The maximum atomic E-state index is 4.22. The number of nitrogens with one attached hydrogen (secondary N) is 1. The van der Waals surface area contributed by atoms with E-state index >= 15 is 0 Å². The minimum atomic E-state index is 0.155. The molecular formula is C15H26N2. The van der Waals surface area contributed by atoms with Crippen molar-refractivity contribution in [2.75, 3.05) is 0 Å². The zero-order valence-electron chi connectivity index (χ0n) is 12.1. The summed E-state index contributed by atoms with van der Waals surface area (Å²) in [5, 5.41) is 3.62. The van der Waals surface area contributed by atoms with Gasteiger partial charge in [0, 0.05) is 24.5 Å². The van der Waals surface area contributed by atoms with Gasteiger partial charge in [0.05, 0.1) is 0 Å². The fourth-order valence-electron chi connectivity index (χ4n) is 2.44. The smallest absolute Gasteiger partial charge is 0.0313 e. The van der Waals surface area contributed by atoms with E-state index in [9.17, 15) is 0 Å². The summed E-state index contributed by atoms with van der Waals surface area (Å²) in [7, 11) is 0. The standard InChI is InChI=1S/C15H26N2/c1-12-7-13(9-16-8-12)10-17-15(5,6)11-14(2,3)4/h7-9,17H,10-11H2,1-6H3.